The van der Waals surface area contributed by atoms with E-state index < -0.39 is 0 Å². The Balaban J connectivity index is 1.93. The van der Waals surface area contributed by atoms with Crippen LogP contribution in [0.25, 0.3) is 5.65 Å². The fraction of sp³-hybridized carbons (Fsp3) is 0.312. The lowest BCUT2D eigenvalue weighted by Gasteiger charge is -2.12. The normalized spacial score (nSPS) is 11.3. The van der Waals surface area contributed by atoms with Crippen LogP contribution < -0.4 is 5.32 Å². The number of anilines is 1. The van der Waals surface area contributed by atoms with E-state index in [2.05, 4.69) is 34.5 Å². The molecule has 0 aliphatic heterocycles. The monoisotopic (exact) mass is 299 g/mol. The highest BCUT2D eigenvalue weighted by Crippen LogP contribution is 2.21. The Hall–Kier alpha value is -2.50. The van der Waals surface area contributed by atoms with E-state index in [4.69, 9.17) is 0 Å². The van der Waals surface area contributed by atoms with Gasteiger partial charge in [-0.15, -0.1) is 10.2 Å². The third-order valence-corrected chi connectivity index (χ3v) is 3.66. The Kier molecular flexibility index (Phi) is 3.75. The zero-order valence-electron chi connectivity index (χ0n) is 12.8. The van der Waals surface area contributed by atoms with Gasteiger partial charge in [0.15, 0.2) is 0 Å². The lowest BCUT2D eigenvalue weighted by atomic mass is 10.1. The second-order valence-corrected chi connectivity index (χ2v) is 5.66. The van der Waals surface area contributed by atoms with E-state index in [0.717, 1.165) is 22.5 Å². The van der Waals surface area contributed by atoms with Gasteiger partial charge in [-0.3, -0.25) is 0 Å². The van der Waals surface area contributed by atoms with Crippen molar-refractivity contribution < 1.29 is 4.39 Å². The summed E-state index contributed by atoms with van der Waals surface area (Å²) in [6.07, 6.45) is 1.58. The average Bonchev–Trinajstić information content (AvgIpc) is 2.96. The molecule has 0 aliphatic carbocycles. The Morgan fingerprint density at radius 1 is 1.27 bits per heavy atom. The number of benzene rings is 1. The summed E-state index contributed by atoms with van der Waals surface area (Å²) < 4.78 is 15.0. The summed E-state index contributed by atoms with van der Waals surface area (Å²) in [6, 6.07) is 6.78. The van der Waals surface area contributed by atoms with Crippen molar-refractivity contribution in [3.05, 3.63) is 53.2 Å². The van der Waals surface area contributed by atoms with Crippen molar-refractivity contribution in [3.63, 3.8) is 0 Å². The fourth-order valence-corrected chi connectivity index (χ4v) is 2.28. The van der Waals surface area contributed by atoms with Gasteiger partial charge in [-0.2, -0.15) is 9.61 Å². The van der Waals surface area contributed by atoms with Gasteiger partial charge in [0.1, 0.15) is 12.1 Å². The van der Waals surface area contributed by atoms with E-state index in [9.17, 15) is 4.39 Å². The summed E-state index contributed by atoms with van der Waals surface area (Å²) in [5.41, 5.74) is 4.43. The molecule has 0 fully saturated rings. The van der Waals surface area contributed by atoms with Crippen molar-refractivity contribution in [2.45, 2.75) is 33.2 Å². The van der Waals surface area contributed by atoms with E-state index in [1.165, 1.54) is 6.07 Å². The summed E-state index contributed by atoms with van der Waals surface area (Å²) in [4.78, 5) is 0. The molecule has 0 amide bonds. The molecule has 0 unspecified atom stereocenters. The molecule has 22 heavy (non-hydrogen) atoms. The van der Waals surface area contributed by atoms with Gasteiger partial charge >= 0.3 is 0 Å². The minimum absolute atomic E-state index is 0.229. The van der Waals surface area contributed by atoms with E-state index in [1.807, 2.05) is 13.0 Å². The van der Waals surface area contributed by atoms with Crippen LogP contribution in [-0.2, 0) is 6.54 Å². The zero-order chi connectivity index (χ0) is 15.7. The second kappa shape index (κ2) is 5.71. The molecule has 114 valence electrons. The standard InChI is InChI=1S/C16H18FN5/c1-10(2)14-7-15(16-20-19-9-22(16)21-14)18-8-12-6-13(17)5-4-11(12)3/h4-7,9-10,18H,8H2,1-3H3. The summed E-state index contributed by atoms with van der Waals surface area (Å²) in [5.74, 6) is 0.0656. The maximum absolute atomic E-state index is 13.4. The molecule has 6 heteroatoms. The summed E-state index contributed by atoms with van der Waals surface area (Å²) in [5, 5.41) is 15.8. The zero-order valence-corrected chi connectivity index (χ0v) is 12.8. The van der Waals surface area contributed by atoms with Gasteiger partial charge in [0.2, 0.25) is 5.65 Å². The Morgan fingerprint density at radius 2 is 2.09 bits per heavy atom. The number of fused-ring (bicyclic) bond motifs is 1. The number of halogens is 1. The van der Waals surface area contributed by atoms with Gasteiger partial charge in [0, 0.05) is 6.54 Å². The number of nitrogens with one attached hydrogen (secondary N) is 1. The van der Waals surface area contributed by atoms with Crippen molar-refractivity contribution in [1.82, 2.24) is 19.8 Å². The molecule has 1 N–H and O–H groups in total. The third kappa shape index (κ3) is 2.77. The van der Waals surface area contributed by atoms with Crippen LogP contribution in [0.2, 0.25) is 0 Å². The van der Waals surface area contributed by atoms with Crippen LogP contribution in [0.15, 0.2) is 30.6 Å². The lowest BCUT2D eigenvalue weighted by molar-refractivity contribution is 0.625. The molecule has 0 radical (unpaired) electrons. The Morgan fingerprint density at radius 3 is 2.86 bits per heavy atom. The molecule has 5 nitrogen and oxygen atoms in total. The predicted molar refractivity (Wildman–Crippen MR) is 83.3 cm³/mol. The van der Waals surface area contributed by atoms with Crippen molar-refractivity contribution in [2.75, 3.05) is 5.32 Å². The molecular weight excluding hydrogens is 281 g/mol. The molecular formula is C16H18FN5. The smallest absolute Gasteiger partial charge is 0.200 e. The lowest BCUT2D eigenvalue weighted by Crippen LogP contribution is -2.07. The van der Waals surface area contributed by atoms with Gasteiger partial charge in [0.25, 0.3) is 0 Å². The second-order valence-electron chi connectivity index (χ2n) is 5.66. The van der Waals surface area contributed by atoms with Crippen LogP contribution in [0.4, 0.5) is 10.1 Å². The highest BCUT2D eigenvalue weighted by atomic mass is 19.1. The number of aryl methyl sites for hydroxylation is 1. The molecule has 1 aromatic carbocycles. The van der Waals surface area contributed by atoms with Gasteiger partial charge in [0.05, 0.1) is 11.4 Å². The van der Waals surface area contributed by atoms with Crippen molar-refractivity contribution in [1.29, 1.82) is 0 Å². The third-order valence-electron chi connectivity index (χ3n) is 3.66. The van der Waals surface area contributed by atoms with Crippen LogP contribution in [0.3, 0.4) is 0 Å². The van der Waals surface area contributed by atoms with E-state index in [1.54, 1.807) is 23.0 Å². The first-order valence-corrected chi connectivity index (χ1v) is 7.24. The quantitative estimate of drug-likeness (QED) is 0.803. The molecule has 0 aliphatic rings. The highest BCUT2D eigenvalue weighted by Gasteiger charge is 2.11. The van der Waals surface area contributed by atoms with Crippen molar-refractivity contribution in [3.8, 4) is 0 Å². The van der Waals surface area contributed by atoms with E-state index in [-0.39, 0.29) is 5.82 Å². The van der Waals surface area contributed by atoms with Crippen molar-refractivity contribution in [2.24, 2.45) is 0 Å². The van der Waals surface area contributed by atoms with Crippen molar-refractivity contribution >= 4 is 11.3 Å². The maximum atomic E-state index is 13.4. The van der Waals surface area contributed by atoms with Gasteiger partial charge < -0.3 is 5.32 Å². The summed E-state index contributed by atoms with van der Waals surface area (Å²) in [7, 11) is 0. The van der Waals surface area contributed by atoms with Gasteiger partial charge in [-0.1, -0.05) is 19.9 Å². The number of hydrogen-bond acceptors (Lipinski definition) is 4. The minimum Gasteiger partial charge on any atom is -0.378 e. The number of hydrogen-bond donors (Lipinski definition) is 1. The largest absolute Gasteiger partial charge is 0.378 e. The molecule has 0 atom stereocenters. The predicted octanol–water partition coefficient (Wildman–Crippen LogP) is 3.31. The fourth-order valence-electron chi connectivity index (χ4n) is 2.28. The molecule has 0 saturated carbocycles. The Bertz CT molecular complexity index is 809. The van der Waals surface area contributed by atoms with E-state index >= 15 is 0 Å². The topological polar surface area (TPSA) is 55.1 Å². The molecule has 3 rings (SSSR count). The van der Waals surface area contributed by atoms with Crippen LogP contribution in [0, 0.1) is 12.7 Å². The van der Waals surface area contributed by atoms with Crippen LogP contribution >= 0.6 is 0 Å². The van der Waals surface area contributed by atoms with Crippen LogP contribution in [0.1, 0.15) is 36.6 Å². The molecule has 0 saturated heterocycles. The van der Waals surface area contributed by atoms with Crippen LogP contribution in [0.5, 0.6) is 0 Å². The Labute approximate surface area is 128 Å². The number of aromatic nitrogens is 4. The molecule has 3 aromatic rings. The maximum Gasteiger partial charge on any atom is 0.200 e. The molecule has 2 heterocycles. The minimum atomic E-state index is -0.229. The SMILES string of the molecule is Cc1ccc(F)cc1CNc1cc(C(C)C)nn2cnnc12. The van der Waals surface area contributed by atoms with Gasteiger partial charge in [-0.25, -0.2) is 4.39 Å². The highest BCUT2D eigenvalue weighted by molar-refractivity contribution is 5.66. The molecule has 0 bridgehead atoms. The summed E-state index contributed by atoms with van der Waals surface area (Å²) >= 11 is 0. The first-order valence-electron chi connectivity index (χ1n) is 7.24. The average molecular weight is 299 g/mol. The first kappa shape index (κ1) is 14.4. The first-order chi connectivity index (χ1) is 10.5. The van der Waals surface area contributed by atoms with E-state index in [0.29, 0.717) is 18.1 Å². The van der Waals surface area contributed by atoms with Crippen LogP contribution in [-0.4, -0.2) is 19.8 Å². The number of nitrogens with zero attached hydrogens (tertiary/aromatic N) is 4. The summed E-state index contributed by atoms with van der Waals surface area (Å²) in [6.45, 7) is 6.65. The number of rotatable bonds is 4. The molecule has 0 spiro atoms. The van der Waals surface area contributed by atoms with Gasteiger partial charge in [-0.05, 0) is 42.2 Å². The molecule has 2 aromatic heterocycles.